The Hall–Kier alpha value is -1.85. The van der Waals surface area contributed by atoms with Crippen LogP contribution in [-0.2, 0) is 11.3 Å². The zero-order valence-electron chi connectivity index (χ0n) is 10.4. The van der Waals surface area contributed by atoms with E-state index in [0.29, 0.717) is 11.3 Å². The molecule has 0 unspecified atom stereocenters. The number of aliphatic hydroxyl groups is 1. The summed E-state index contributed by atoms with van der Waals surface area (Å²) < 4.78 is 4.64. The first-order valence-corrected chi connectivity index (χ1v) is 6.46. The Bertz CT molecular complexity index is 552. The summed E-state index contributed by atoms with van der Waals surface area (Å²) in [5.41, 5.74) is 1.17. The highest BCUT2D eigenvalue weighted by molar-refractivity contribution is 7.99. The second-order valence-corrected chi connectivity index (χ2v) is 4.91. The third-order valence-corrected chi connectivity index (χ3v) is 3.46. The maximum atomic E-state index is 11.3. The van der Waals surface area contributed by atoms with Crippen molar-refractivity contribution in [1.29, 1.82) is 0 Å². The average molecular weight is 275 g/mol. The van der Waals surface area contributed by atoms with Gasteiger partial charge in [0.05, 0.1) is 25.0 Å². The lowest BCUT2D eigenvalue weighted by Crippen LogP contribution is -2.00. The number of aliphatic hydroxyl groups excluding tert-OH is 1. The minimum absolute atomic E-state index is 0.0568. The van der Waals surface area contributed by atoms with Crippen molar-refractivity contribution in [3.05, 3.63) is 53.9 Å². The molecule has 0 saturated heterocycles. The van der Waals surface area contributed by atoms with Crippen LogP contribution in [0, 0.1) is 0 Å². The van der Waals surface area contributed by atoms with E-state index in [9.17, 15) is 4.79 Å². The van der Waals surface area contributed by atoms with Gasteiger partial charge >= 0.3 is 5.97 Å². The zero-order valence-corrected chi connectivity index (χ0v) is 11.2. The van der Waals surface area contributed by atoms with Gasteiger partial charge in [-0.25, -0.2) is 4.79 Å². The molecule has 0 saturated carbocycles. The third kappa shape index (κ3) is 3.56. The Balaban J connectivity index is 2.08. The molecule has 0 bridgehead atoms. The Kier molecular flexibility index (Phi) is 4.54. The minimum atomic E-state index is -0.342. The predicted molar refractivity (Wildman–Crippen MR) is 72.1 cm³/mol. The average Bonchev–Trinajstić information content (AvgIpc) is 2.48. The number of ether oxygens (including phenoxy) is 1. The molecule has 0 aliphatic heterocycles. The van der Waals surface area contributed by atoms with Gasteiger partial charge in [0.15, 0.2) is 0 Å². The quantitative estimate of drug-likeness (QED) is 0.869. The van der Waals surface area contributed by atoms with Crippen molar-refractivity contribution in [3.8, 4) is 0 Å². The molecule has 2 aromatic rings. The summed E-state index contributed by atoms with van der Waals surface area (Å²) in [7, 11) is 1.36. The number of methoxy groups -OCH3 is 1. The van der Waals surface area contributed by atoms with Crippen LogP contribution >= 0.6 is 11.8 Å². The maximum absolute atomic E-state index is 11.3. The number of carbonyl (C=O) groups excluding carboxylic acids is 1. The molecule has 19 heavy (non-hydrogen) atoms. The van der Waals surface area contributed by atoms with Gasteiger partial charge < -0.3 is 9.84 Å². The van der Waals surface area contributed by atoms with Crippen LogP contribution < -0.4 is 0 Å². The first-order chi connectivity index (χ1) is 9.22. The van der Waals surface area contributed by atoms with Gasteiger partial charge in [0.1, 0.15) is 0 Å². The van der Waals surface area contributed by atoms with Crippen molar-refractivity contribution in [1.82, 2.24) is 4.98 Å². The van der Waals surface area contributed by atoms with E-state index >= 15 is 0 Å². The molecule has 0 radical (unpaired) electrons. The summed E-state index contributed by atoms with van der Waals surface area (Å²) in [5, 5.41) is 8.91. The number of aromatic nitrogens is 1. The van der Waals surface area contributed by atoms with E-state index in [4.69, 9.17) is 5.11 Å². The van der Waals surface area contributed by atoms with Crippen LogP contribution in [0.25, 0.3) is 0 Å². The van der Waals surface area contributed by atoms with E-state index < -0.39 is 0 Å². The SMILES string of the molecule is COC(=O)c1ccc(Sc2ccc(CO)nc2)cc1. The standard InChI is InChI=1S/C14H13NO3S/c1-18-14(17)10-2-5-12(6-3-10)19-13-7-4-11(9-16)15-8-13/h2-8,16H,9H2,1H3. The van der Waals surface area contributed by atoms with Gasteiger partial charge in [-0.15, -0.1) is 0 Å². The molecule has 1 heterocycles. The number of nitrogens with zero attached hydrogens (tertiary/aromatic N) is 1. The summed E-state index contributed by atoms with van der Waals surface area (Å²) in [6.45, 7) is -0.0568. The van der Waals surface area contributed by atoms with Gasteiger partial charge in [0.25, 0.3) is 0 Å². The monoisotopic (exact) mass is 275 g/mol. The molecule has 0 fully saturated rings. The van der Waals surface area contributed by atoms with E-state index in [1.165, 1.54) is 18.9 Å². The summed E-state index contributed by atoms with van der Waals surface area (Å²) in [6, 6.07) is 10.9. The van der Waals surface area contributed by atoms with Crippen LogP contribution in [0.5, 0.6) is 0 Å². The molecule has 1 aromatic carbocycles. The zero-order chi connectivity index (χ0) is 13.7. The molecule has 0 atom stereocenters. The van der Waals surface area contributed by atoms with Crippen molar-refractivity contribution in [2.45, 2.75) is 16.4 Å². The van der Waals surface area contributed by atoms with Crippen LogP contribution in [-0.4, -0.2) is 23.2 Å². The second kappa shape index (κ2) is 6.36. The smallest absolute Gasteiger partial charge is 0.337 e. The lowest BCUT2D eigenvalue weighted by Gasteiger charge is -2.03. The molecular weight excluding hydrogens is 262 g/mol. The molecule has 0 spiro atoms. The first kappa shape index (κ1) is 13.6. The van der Waals surface area contributed by atoms with Gasteiger partial charge in [-0.05, 0) is 36.4 Å². The van der Waals surface area contributed by atoms with Gasteiger partial charge in [0.2, 0.25) is 0 Å². The predicted octanol–water partition coefficient (Wildman–Crippen LogP) is 2.51. The summed E-state index contributed by atoms with van der Waals surface area (Å²) in [5.74, 6) is -0.342. The van der Waals surface area contributed by atoms with Crippen LogP contribution in [0.15, 0.2) is 52.4 Å². The molecule has 98 valence electrons. The second-order valence-electron chi connectivity index (χ2n) is 3.76. The van der Waals surface area contributed by atoms with E-state index in [0.717, 1.165) is 9.79 Å². The van der Waals surface area contributed by atoms with E-state index in [-0.39, 0.29) is 12.6 Å². The van der Waals surface area contributed by atoms with Crippen molar-refractivity contribution in [2.24, 2.45) is 0 Å². The van der Waals surface area contributed by atoms with Crippen molar-refractivity contribution in [2.75, 3.05) is 7.11 Å². The lowest BCUT2D eigenvalue weighted by atomic mass is 10.2. The van der Waals surface area contributed by atoms with Crippen LogP contribution in [0.2, 0.25) is 0 Å². The number of esters is 1. The van der Waals surface area contributed by atoms with E-state index in [1.807, 2.05) is 18.2 Å². The lowest BCUT2D eigenvalue weighted by molar-refractivity contribution is 0.0600. The van der Waals surface area contributed by atoms with Crippen LogP contribution in [0.3, 0.4) is 0 Å². The topological polar surface area (TPSA) is 59.4 Å². The van der Waals surface area contributed by atoms with E-state index in [2.05, 4.69) is 9.72 Å². The molecule has 0 amide bonds. The molecule has 0 aliphatic rings. The van der Waals surface area contributed by atoms with Crippen molar-refractivity contribution in [3.63, 3.8) is 0 Å². The molecule has 0 aliphatic carbocycles. The number of rotatable bonds is 4. The van der Waals surface area contributed by atoms with Gasteiger partial charge in [0, 0.05) is 16.0 Å². The van der Waals surface area contributed by atoms with Gasteiger partial charge in [-0.3, -0.25) is 4.98 Å². The van der Waals surface area contributed by atoms with Gasteiger partial charge in [-0.1, -0.05) is 11.8 Å². The van der Waals surface area contributed by atoms with Crippen LogP contribution in [0.4, 0.5) is 0 Å². The highest BCUT2D eigenvalue weighted by atomic mass is 32.2. The Labute approximate surface area is 115 Å². The molecule has 5 heteroatoms. The summed E-state index contributed by atoms with van der Waals surface area (Å²) >= 11 is 1.54. The summed E-state index contributed by atoms with van der Waals surface area (Å²) in [4.78, 5) is 17.4. The fourth-order valence-electron chi connectivity index (χ4n) is 1.48. The molecule has 4 nitrogen and oxygen atoms in total. The largest absolute Gasteiger partial charge is 0.465 e. The minimum Gasteiger partial charge on any atom is -0.465 e. The third-order valence-electron chi connectivity index (χ3n) is 2.47. The first-order valence-electron chi connectivity index (χ1n) is 5.65. The Morgan fingerprint density at radius 2 is 1.89 bits per heavy atom. The van der Waals surface area contributed by atoms with E-state index in [1.54, 1.807) is 24.4 Å². The Morgan fingerprint density at radius 1 is 1.21 bits per heavy atom. The Morgan fingerprint density at radius 3 is 2.42 bits per heavy atom. The normalized spacial score (nSPS) is 10.2. The van der Waals surface area contributed by atoms with Crippen molar-refractivity contribution >= 4 is 17.7 Å². The number of hydrogen-bond acceptors (Lipinski definition) is 5. The number of benzene rings is 1. The summed E-state index contributed by atoms with van der Waals surface area (Å²) in [6.07, 6.45) is 1.71. The number of carbonyl (C=O) groups is 1. The van der Waals surface area contributed by atoms with Crippen molar-refractivity contribution < 1.29 is 14.6 Å². The van der Waals surface area contributed by atoms with Crippen LogP contribution in [0.1, 0.15) is 16.1 Å². The fraction of sp³-hybridized carbons (Fsp3) is 0.143. The highest BCUT2D eigenvalue weighted by Gasteiger charge is 2.05. The maximum Gasteiger partial charge on any atom is 0.337 e. The molecule has 1 aromatic heterocycles. The molecular formula is C14H13NO3S. The number of hydrogen-bond donors (Lipinski definition) is 1. The highest BCUT2D eigenvalue weighted by Crippen LogP contribution is 2.27. The molecule has 2 rings (SSSR count). The number of pyridine rings is 1. The fourth-order valence-corrected chi connectivity index (χ4v) is 2.26. The molecule has 1 N–H and O–H groups in total. The van der Waals surface area contributed by atoms with Gasteiger partial charge in [-0.2, -0.15) is 0 Å².